The van der Waals surface area contributed by atoms with E-state index in [1.54, 1.807) is 6.07 Å². The van der Waals surface area contributed by atoms with E-state index in [2.05, 4.69) is 15.3 Å². The second kappa shape index (κ2) is 3.81. The van der Waals surface area contributed by atoms with Gasteiger partial charge in [0.2, 0.25) is 0 Å². The van der Waals surface area contributed by atoms with Crippen molar-refractivity contribution in [1.29, 1.82) is 0 Å². The molecule has 6 heteroatoms. The molecule has 1 aromatic carbocycles. The van der Waals surface area contributed by atoms with Gasteiger partial charge in [0, 0.05) is 24.6 Å². The lowest BCUT2D eigenvalue weighted by Gasteiger charge is -2.01. The second-order valence-corrected chi connectivity index (χ2v) is 4.27. The number of hydrogen-bond donors (Lipinski definition) is 2. The van der Waals surface area contributed by atoms with Crippen LogP contribution in [0.2, 0.25) is 0 Å². The van der Waals surface area contributed by atoms with Crippen molar-refractivity contribution in [3.05, 3.63) is 34.1 Å². The largest absolute Gasteiger partial charge is 0.341 e. The fourth-order valence-electron chi connectivity index (χ4n) is 2.21. The summed E-state index contributed by atoms with van der Waals surface area (Å²) in [6.45, 7) is 1.92. The van der Waals surface area contributed by atoms with Gasteiger partial charge < -0.3 is 10.3 Å². The molecule has 1 atom stereocenters. The van der Waals surface area contributed by atoms with Crippen LogP contribution in [0.15, 0.2) is 18.2 Å². The quantitative estimate of drug-likeness (QED) is 0.607. The van der Waals surface area contributed by atoms with Gasteiger partial charge in [0.05, 0.1) is 16.0 Å². The van der Waals surface area contributed by atoms with Crippen molar-refractivity contribution in [2.45, 2.75) is 12.3 Å². The van der Waals surface area contributed by atoms with Crippen LogP contribution in [0.3, 0.4) is 0 Å². The number of H-pyrrole nitrogens is 1. The Morgan fingerprint density at radius 2 is 2.35 bits per heavy atom. The highest BCUT2D eigenvalue weighted by atomic mass is 16.6. The molecule has 1 aliphatic rings. The SMILES string of the molecule is O=[N+]([O-])c1ccc2nc(C3CCNC3)[nH]c2c1. The summed E-state index contributed by atoms with van der Waals surface area (Å²) in [4.78, 5) is 17.9. The fraction of sp³-hybridized carbons (Fsp3) is 0.364. The predicted octanol–water partition coefficient (Wildman–Crippen LogP) is 1.55. The Morgan fingerprint density at radius 3 is 3.06 bits per heavy atom. The van der Waals surface area contributed by atoms with E-state index in [0.29, 0.717) is 5.92 Å². The molecular weight excluding hydrogens is 220 g/mol. The van der Waals surface area contributed by atoms with Gasteiger partial charge in [-0.2, -0.15) is 0 Å². The number of imidazole rings is 1. The van der Waals surface area contributed by atoms with E-state index in [4.69, 9.17) is 0 Å². The highest BCUT2D eigenvalue weighted by molar-refractivity contribution is 5.77. The molecular formula is C11H12N4O2. The van der Waals surface area contributed by atoms with Gasteiger partial charge >= 0.3 is 0 Å². The van der Waals surface area contributed by atoms with Gasteiger partial charge in [0.1, 0.15) is 5.82 Å². The van der Waals surface area contributed by atoms with Crippen molar-refractivity contribution in [3.8, 4) is 0 Å². The van der Waals surface area contributed by atoms with Gasteiger partial charge in [-0.3, -0.25) is 10.1 Å². The van der Waals surface area contributed by atoms with Crippen LogP contribution in [0.5, 0.6) is 0 Å². The smallest absolute Gasteiger partial charge is 0.271 e. The lowest BCUT2D eigenvalue weighted by molar-refractivity contribution is -0.384. The number of hydrogen-bond acceptors (Lipinski definition) is 4. The van der Waals surface area contributed by atoms with Gasteiger partial charge in [0.25, 0.3) is 5.69 Å². The number of non-ortho nitro benzene ring substituents is 1. The van der Waals surface area contributed by atoms with Crippen molar-refractivity contribution in [2.75, 3.05) is 13.1 Å². The highest BCUT2D eigenvalue weighted by Crippen LogP contribution is 2.24. The third-order valence-electron chi connectivity index (χ3n) is 3.14. The van der Waals surface area contributed by atoms with Gasteiger partial charge in [-0.1, -0.05) is 0 Å². The van der Waals surface area contributed by atoms with Crippen molar-refractivity contribution >= 4 is 16.7 Å². The van der Waals surface area contributed by atoms with Crippen LogP contribution in [-0.2, 0) is 0 Å². The Morgan fingerprint density at radius 1 is 1.47 bits per heavy atom. The number of aromatic amines is 1. The molecule has 1 aromatic heterocycles. The van der Waals surface area contributed by atoms with Gasteiger partial charge in [0.15, 0.2) is 0 Å². The van der Waals surface area contributed by atoms with Crippen LogP contribution >= 0.6 is 0 Å². The summed E-state index contributed by atoms with van der Waals surface area (Å²) in [5, 5.41) is 13.9. The normalized spacial score (nSPS) is 19.9. The number of aromatic nitrogens is 2. The first-order chi connectivity index (χ1) is 8.24. The number of benzene rings is 1. The summed E-state index contributed by atoms with van der Waals surface area (Å²) in [7, 11) is 0. The fourth-order valence-corrected chi connectivity index (χ4v) is 2.21. The van der Waals surface area contributed by atoms with Gasteiger partial charge in [-0.05, 0) is 19.0 Å². The summed E-state index contributed by atoms with van der Waals surface area (Å²) >= 11 is 0. The average Bonchev–Trinajstić information content (AvgIpc) is 2.96. The molecule has 88 valence electrons. The first kappa shape index (κ1) is 10.2. The molecule has 0 saturated carbocycles. The lowest BCUT2D eigenvalue weighted by atomic mass is 10.1. The molecule has 17 heavy (non-hydrogen) atoms. The van der Waals surface area contributed by atoms with E-state index < -0.39 is 4.92 Å². The van der Waals surface area contributed by atoms with Crippen molar-refractivity contribution in [2.24, 2.45) is 0 Å². The van der Waals surface area contributed by atoms with Crippen LogP contribution in [-0.4, -0.2) is 28.0 Å². The number of fused-ring (bicyclic) bond motifs is 1. The minimum atomic E-state index is -0.392. The number of nitro benzene ring substituents is 1. The molecule has 1 unspecified atom stereocenters. The number of nitro groups is 1. The third-order valence-corrected chi connectivity index (χ3v) is 3.14. The summed E-state index contributed by atoms with van der Waals surface area (Å²) in [5.41, 5.74) is 1.62. The van der Waals surface area contributed by atoms with Crippen molar-refractivity contribution in [3.63, 3.8) is 0 Å². The van der Waals surface area contributed by atoms with Crippen molar-refractivity contribution < 1.29 is 4.92 Å². The average molecular weight is 232 g/mol. The van der Waals surface area contributed by atoms with Gasteiger partial charge in [-0.25, -0.2) is 4.98 Å². The number of rotatable bonds is 2. The molecule has 2 aromatic rings. The second-order valence-electron chi connectivity index (χ2n) is 4.27. The van der Waals surface area contributed by atoms with Crippen LogP contribution < -0.4 is 5.32 Å². The van der Waals surface area contributed by atoms with E-state index >= 15 is 0 Å². The highest BCUT2D eigenvalue weighted by Gasteiger charge is 2.20. The predicted molar refractivity (Wildman–Crippen MR) is 63.0 cm³/mol. The Labute approximate surface area is 97.2 Å². The lowest BCUT2D eigenvalue weighted by Crippen LogP contribution is -2.08. The van der Waals surface area contributed by atoms with Crippen LogP contribution in [0.4, 0.5) is 5.69 Å². The molecule has 1 aliphatic heterocycles. The van der Waals surface area contributed by atoms with E-state index in [0.717, 1.165) is 36.4 Å². The van der Waals surface area contributed by atoms with E-state index in [1.165, 1.54) is 12.1 Å². The third kappa shape index (κ3) is 1.76. The molecule has 0 aliphatic carbocycles. The zero-order valence-electron chi connectivity index (χ0n) is 9.14. The van der Waals surface area contributed by atoms with E-state index in [9.17, 15) is 10.1 Å². The summed E-state index contributed by atoms with van der Waals surface area (Å²) in [5.74, 6) is 1.31. The van der Waals surface area contributed by atoms with Crippen molar-refractivity contribution in [1.82, 2.24) is 15.3 Å². The molecule has 2 N–H and O–H groups in total. The molecule has 0 amide bonds. The maximum Gasteiger partial charge on any atom is 0.271 e. The zero-order chi connectivity index (χ0) is 11.8. The Hall–Kier alpha value is -1.95. The Kier molecular flexibility index (Phi) is 2.29. The Bertz CT molecular complexity index is 572. The molecule has 3 rings (SSSR count). The maximum absolute atomic E-state index is 10.7. The molecule has 0 bridgehead atoms. The number of nitrogens with one attached hydrogen (secondary N) is 2. The molecule has 1 fully saturated rings. The first-order valence-corrected chi connectivity index (χ1v) is 5.59. The minimum Gasteiger partial charge on any atom is -0.341 e. The molecule has 2 heterocycles. The summed E-state index contributed by atoms with van der Waals surface area (Å²) in [6, 6.07) is 4.71. The van der Waals surface area contributed by atoms with Crippen LogP contribution in [0.1, 0.15) is 18.2 Å². The maximum atomic E-state index is 10.7. The first-order valence-electron chi connectivity index (χ1n) is 5.59. The minimum absolute atomic E-state index is 0.0947. The topological polar surface area (TPSA) is 83.8 Å². The van der Waals surface area contributed by atoms with Crippen LogP contribution in [0, 0.1) is 10.1 Å². The van der Waals surface area contributed by atoms with E-state index in [1.807, 2.05) is 0 Å². The standard InChI is InChI=1S/C11H12N4O2/c16-15(17)8-1-2-9-10(5-8)14-11(13-9)7-3-4-12-6-7/h1-2,5,7,12H,3-4,6H2,(H,13,14). The summed E-state index contributed by atoms with van der Waals surface area (Å²) in [6.07, 6.45) is 1.06. The zero-order valence-corrected chi connectivity index (χ0v) is 9.14. The van der Waals surface area contributed by atoms with Gasteiger partial charge in [-0.15, -0.1) is 0 Å². The molecule has 0 spiro atoms. The molecule has 6 nitrogen and oxygen atoms in total. The monoisotopic (exact) mass is 232 g/mol. The number of nitrogens with zero attached hydrogens (tertiary/aromatic N) is 2. The molecule has 1 saturated heterocycles. The van der Waals surface area contributed by atoms with Crippen LogP contribution in [0.25, 0.3) is 11.0 Å². The van der Waals surface area contributed by atoms with E-state index in [-0.39, 0.29) is 5.69 Å². The molecule has 0 radical (unpaired) electrons. The summed E-state index contributed by atoms with van der Waals surface area (Å²) < 4.78 is 0. The Balaban J connectivity index is 2.03.